The minimum absolute atomic E-state index is 0.00823. The molecule has 0 aromatic heterocycles. The molecule has 2 aliphatic heterocycles. The Morgan fingerprint density at radius 1 is 1.18 bits per heavy atom. The zero-order valence-electron chi connectivity index (χ0n) is 14.1. The van der Waals surface area contributed by atoms with Crippen LogP contribution in [-0.4, -0.2) is 66.8 Å². The predicted octanol–water partition coefficient (Wildman–Crippen LogP) is 1.88. The molecule has 2 fully saturated rings. The van der Waals surface area contributed by atoms with E-state index >= 15 is 0 Å². The van der Waals surface area contributed by atoms with Gasteiger partial charge < -0.3 is 19.3 Å². The van der Waals surface area contributed by atoms with Crippen molar-refractivity contribution in [2.45, 2.75) is 51.7 Å². The average Bonchev–Trinajstić information content (AvgIpc) is 2.98. The summed E-state index contributed by atoms with van der Waals surface area (Å²) in [5.74, 6) is 0.183. The minimum Gasteiger partial charge on any atom is -0.444 e. The molecule has 22 heavy (non-hydrogen) atoms. The van der Waals surface area contributed by atoms with E-state index in [-0.39, 0.29) is 24.0 Å². The molecule has 0 bridgehead atoms. The lowest BCUT2D eigenvalue weighted by Gasteiger charge is -2.38. The minimum atomic E-state index is -0.469. The lowest BCUT2D eigenvalue weighted by Crippen LogP contribution is -2.49. The highest BCUT2D eigenvalue weighted by Crippen LogP contribution is 2.22. The molecular formula is C16H28N2O4. The lowest BCUT2D eigenvalue weighted by molar-refractivity contribution is -0.137. The second-order valence-electron chi connectivity index (χ2n) is 7.21. The Morgan fingerprint density at radius 3 is 2.32 bits per heavy atom. The topological polar surface area (TPSA) is 59.1 Å². The van der Waals surface area contributed by atoms with Crippen LogP contribution in [0, 0.1) is 5.92 Å². The Kier molecular flexibility index (Phi) is 5.32. The third-order valence-electron chi connectivity index (χ3n) is 4.29. The highest BCUT2D eigenvalue weighted by Gasteiger charge is 2.33. The van der Waals surface area contributed by atoms with E-state index in [1.807, 2.05) is 32.7 Å². The highest BCUT2D eigenvalue weighted by atomic mass is 16.6. The van der Waals surface area contributed by atoms with Crippen molar-refractivity contribution in [3.63, 3.8) is 0 Å². The molecule has 0 saturated carbocycles. The Balaban J connectivity index is 1.81. The lowest BCUT2D eigenvalue weighted by atomic mass is 10.0. The largest absolute Gasteiger partial charge is 0.444 e. The van der Waals surface area contributed by atoms with Crippen LogP contribution in [-0.2, 0) is 14.3 Å². The molecule has 2 heterocycles. The molecule has 6 nitrogen and oxygen atoms in total. The summed E-state index contributed by atoms with van der Waals surface area (Å²) in [5.41, 5.74) is -0.469. The van der Waals surface area contributed by atoms with Gasteiger partial charge in [0.05, 0.1) is 12.5 Å². The molecule has 2 rings (SSSR count). The van der Waals surface area contributed by atoms with Crippen LogP contribution in [0.5, 0.6) is 0 Å². The maximum atomic E-state index is 12.4. The molecule has 1 unspecified atom stereocenters. The van der Waals surface area contributed by atoms with Gasteiger partial charge in [0.1, 0.15) is 5.60 Å². The van der Waals surface area contributed by atoms with E-state index in [0.717, 1.165) is 19.3 Å². The van der Waals surface area contributed by atoms with E-state index in [9.17, 15) is 9.59 Å². The zero-order chi connectivity index (χ0) is 16.3. The van der Waals surface area contributed by atoms with Crippen molar-refractivity contribution in [1.82, 2.24) is 9.80 Å². The van der Waals surface area contributed by atoms with E-state index in [1.165, 1.54) is 0 Å². The maximum absolute atomic E-state index is 12.4. The first kappa shape index (κ1) is 17.1. The van der Waals surface area contributed by atoms with Gasteiger partial charge in [-0.05, 0) is 40.0 Å². The number of carbonyl (C=O) groups is 2. The molecule has 0 radical (unpaired) electrons. The van der Waals surface area contributed by atoms with Crippen LogP contribution in [0.15, 0.2) is 0 Å². The standard InChI is InChI=1S/C16H28N2O4/c1-16(2,3)22-15(20)18-8-5-13(6-9-18)17(4)14(19)12-7-10-21-11-12/h12-13H,5-11H2,1-4H3. The van der Waals surface area contributed by atoms with E-state index in [4.69, 9.17) is 9.47 Å². The number of hydrogen-bond acceptors (Lipinski definition) is 4. The van der Waals surface area contributed by atoms with Gasteiger partial charge in [-0.1, -0.05) is 0 Å². The van der Waals surface area contributed by atoms with Crippen LogP contribution >= 0.6 is 0 Å². The molecule has 126 valence electrons. The van der Waals surface area contributed by atoms with Gasteiger partial charge in [-0.15, -0.1) is 0 Å². The molecule has 6 heteroatoms. The number of likely N-dealkylation sites (tertiary alicyclic amines) is 1. The fourth-order valence-electron chi connectivity index (χ4n) is 2.96. The van der Waals surface area contributed by atoms with Crippen molar-refractivity contribution in [1.29, 1.82) is 0 Å². The summed E-state index contributed by atoms with van der Waals surface area (Å²) in [6.07, 6.45) is 2.16. The van der Waals surface area contributed by atoms with Gasteiger partial charge in [-0.3, -0.25) is 4.79 Å². The predicted molar refractivity (Wildman–Crippen MR) is 82.5 cm³/mol. The summed E-state index contributed by atoms with van der Waals surface area (Å²) < 4.78 is 10.7. The molecule has 2 amide bonds. The maximum Gasteiger partial charge on any atom is 0.410 e. The second kappa shape index (κ2) is 6.86. The van der Waals surface area contributed by atoms with Crippen LogP contribution in [0.1, 0.15) is 40.0 Å². The number of amides is 2. The van der Waals surface area contributed by atoms with E-state index in [0.29, 0.717) is 26.3 Å². The summed E-state index contributed by atoms with van der Waals surface area (Å²) in [5, 5.41) is 0. The molecule has 2 aliphatic rings. The quantitative estimate of drug-likeness (QED) is 0.781. The van der Waals surface area contributed by atoms with Crippen molar-refractivity contribution >= 4 is 12.0 Å². The Labute approximate surface area is 132 Å². The van der Waals surface area contributed by atoms with Crippen LogP contribution in [0.4, 0.5) is 4.79 Å². The number of nitrogens with zero attached hydrogens (tertiary/aromatic N) is 2. The van der Waals surface area contributed by atoms with Gasteiger partial charge in [0.25, 0.3) is 0 Å². The van der Waals surface area contributed by atoms with Crippen molar-refractivity contribution in [3.05, 3.63) is 0 Å². The highest BCUT2D eigenvalue weighted by molar-refractivity contribution is 5.79. The van der Waals surface area contributed by atoms with Crippen molar-refractivity contribution < 1.29 is 19.1 Å². The first-order chi connectivity index (χ1) is 10.3. The summed E-state index contributed by atoms with van der Waals surface area (Å²) in [4.78, 5) is 28.0. The zero-order valence-corrected chi connectivity index (χ0v) is 14.1. The van der Waals surface area contributed by atoms with Gasteiger partial charge in [0.2, 0.25) is 5.91 Å². The smallest absolute Gasteiger partial charge is 0.410 e. The van der Waals surface area contributed by atoms with Gasteiger partial charge in [-0.2, -0.15) is 0 Å². The number of rotatable bonds is 2. The molecule has 0 aliphatic carbocycles. The first-order valence-electron chi connectivity index (χ1n) is 8.10. The Bertz CT molecular complexity index is 405. The molecule has 0 N–H and O–H groups in total. The fourth-order valence-corrected chi connectivity index (χ4v) is 2.96. The van der Waals surface area contributed by atoms with E-state index < -0.39 is 5.60 Å². The summed E-state index contributed by atoms with van der Waals surface area (Å²) in [6.45, 7) is 8.10. The SMILES string of the molecule is CN(C(=O)C1CCOC1)C1CCN(C(=O)OC(C)(C)C)CC1. The summed E-state index contributed by atoms with van der Waals surface area (Å²) >= 11 is 0. The van der Waals surface area contributed by atoms with Crippen molar-refractivity contribution in [2.24, 2.45) is 5.92 Å². The number of ether oxygens (including phenoxy) is 2. The van der Waals surface area contributed by atoms with Gasteiger partial charge >= 0.3 is 6.09 Å². The van der Waals surface area contributed by atoms with Crippen LogP contribution in [0.2, 0.25) is 0 Å². The van der Waals surface area contributed by atoms with Crippen LogP contribution in [0.25, 0.3) is 0 Å². The molecular weight excluding hydrogens is 284 g/mol. The Hall–Kier alpha value is -1.30. The number of carbonyl (C=O) groups excluding carboxylic acids is 2. The molecule has 2 saturated heterocycles. The van der Waals surface area contributed by atoms with E-state index in [1.54, 1.807) is 4.90 Å². The monoisotopic (exact) mass is 312 g/mol. The van der Waals surface area contributed by atoms with Crippen molar-refractivity contribution in [3.8, 4) is 0 Å². The third-order valence-corrected chi connectivity index (χ3v) is 4.29. The van der Waals surface area contributed by atoms with Gasteiger partial charge in [0.15, 0.2) is 0 Å². The summed E-state index contributed by atoms with van der Waals surface area (Å²) in [6, 6.07) is 0.201. The molecule has 1 atom stereocenters. The molecule has 0 spiro atoms. The van der Waals surface area contributed by atoms with Crippen molar-refractivity contribution in [2.75, 3.05) is 33.4 Å². The summed E-state index contributed by atoms with van der Waals surface area (Å²) in [7, 11) is 1.87. The number of hydrogen-bond donors (Lipinski definition) is 0. The Morgan fingerprint density at radius 2 is 1.82 bits per heavy atom. The molecule has 0 aromatic rings. The van der Waals surface area contributed by atoms with Crippen LogP contribution in [0.3, 0.4) is 0 Å². The molecule has 0 aromatic carbocycles. The van der Waals surface area contributed by atoms with Gasteiger partial charge in [0, 0.05) is 32.8 Å². The normalized spacial score (nSPS) is 23.5. The fraction of sp³-hybridized carbons (Fsp3) is 0.875. The second-order valence-corrected chi connectivity index (χ2v) is 7.21. The van der Waals surface area contributed by atoms with E-state index in [2.05, 4.69) is 0 Å². The number of piperidine rings is 1. The van der Waals surface area contributed by atoms with Gasteiger partial charge in [-0.25, -0.2) is 4.79 Å². The average molecular weight is 312 g/mol. The third kappa shape index (κ3) is 4.35. The first-order valence-corrected chi connectivity index (χ1v) is 8.10. The van der Waals surface area contributed by atoms with Crippen LogP contribution < -0.4 is 0 Å².